The molecule has 28 heavy (non-hydrogen) atoms. The van der Waals surface area contributed by atoms with Crippen molar-refractivity contribution in [1.29, 1.82) is 0 Å². The molecule has 0 atom stereocenters. The number of ketones is 2. The van der Waals surface area contributed by atoms with Gasteiger partial charge in [0.2, 0.25) is 5.91 Å². The number of carbonyl (C=O) groups is 3. The molecule has 0 radical (unpaired) electrons. The zero-order chi connectivity index (χ0) is 19.5. The van der Waals surface area contributed by atoms with Crippen molar-refractivity contribution in [1.82, 2.24) is 4.90 Å². The number of amides is 1. The molecule has 1 amide bonds. The van der Waals surface area contributed by atoms with E-state index in [0.717, 1.165) is 25.9 Å². The lowest BCUT2D eigenvalue weighted by atomic mass is 9.83. The molecule has 1 heterocycles. The summed E-state index contributed by atoms with van der Waals surface area (Å²) in [6.07, 6.45) is 5.91. The van der Waals surface area contributed by atoms with Gasteiger partial charge >= 0.3 is 0 Å². The molecule has 2 aromatic rings. The van der Waals surface area contributed by atoms with E-state index in [2.05, 4.69) is 10.2 Å². The monoisotopic (exact) mass is 376 g/mol. The van der Waals surface area contributed by atoms with Crippen LogP contribution in [0, 0.1) is 0 Å². The first-order chi connectivity index (χ1) is 13.6. The standard InChI is InChI=1S/C23H24N2O3/c26-20(15-25-13-6-2-1-3-7-14-25)24-19-12-8-11-18-21(19)23(28)17-10-5-4-9-16(17)22(18)27/h4-5,8-12H,1-3,6-7,13-15H2,(H,24,26). The van der Waals surface area contributed by atoms with E-state index in [9.17, 15) is 14.4 Å². The van der Waals surface area contributed by atoms with Crippen molar-refractivity contribution in [3.05, 3.63) is 64.7 Å². The van der Waals surface area contributed by atoms with Crippen molar-refractivity contribution in [2.45, 2.75) is 32.1 Å². The Balaban J connectivity index is 1.56. The SMILES string of the molecule is O=C(CN1CCCCCCC1)Nc1cccc2c1C(=O)c1ccccc1C2=O. The zero-order valence-electron chi connectivity index (χ0n) is 15.9. The quantitative estimate of drug-likeness (QED) is 0.757. The maximum absolute atomic E-state index is 13.0. The molecule has 5 heteroatoms. The molecule has 1 fully saturated rings. The summed E-state index contributed by atoms with van der Waals surface area (Å²) in [5.74, 6) is -0.537. The van der Waals surface area contributed by atoms with Crippen LogP contribution in [-0.2, 0) is 4.79 Å². The summed E-state index contributed by atoms with van der Waals surface area (Å²) in [5.41, 5.74) is 1.89. The van der Waals surface area contributed by atoms with Gasteiger partial charge in [-0.1, -0.05) is 55.7 Å². The van der Waals surface area contributed by atoms with Gasteiger partial charge in [0.15, 0.2) is 11.6 Å². The summed E-state index contributed by atoms with van der Waals surface area (Å²) in [4.78, 5) is 40.6. The Morgan fingerprint density at radius 3 is 2.11 bits per heavy atom. The number of anilines is 1. The van der Waals surface area contributed by atoms with Gasteiger partial charge in [0, 0.05) is 16.7 Å². The van der Waals surface area contributed by atoms with Crippen LogP contribution in [0.2, 0.25) is 0 Å². The number of hydrogen-bond donors (Lipinski definition) is 1. The van der Waals surface area contributed by atoms with Gasteiger partial charge in [0.05, 0.1) is 17.8 Å². The van der Waals surface area contributed by atoms with Gasteiger partial charge in [0.1, 0.15) is 0 Å². The third-order valence-electron chi connectivity index (χ3n) is 5.54. The van der Waals surface area contributed by atoms with Gasteiger partial charge in [0.25, 0.3) is 0 Å². The van der Waals surface area contributed by atoms with Gasteiger partial charge in [-0.05, 0) is 32.0 Å². The second-order valence-corrected chi connectivity index (χ2v) is 7.52. The van der Waals surface area contributed by atoms with Crippen LogP contribution in [0.1, 0.15) is 63.9 Å². The molecule has 1 aliphatic carbocycles. The van der Waals surface area contributed by atoms with Crippen molar-refractivity contribution < 1.29 is 14.4 Å². The Morgan fingerprint density at radius 2 is 1.39 bits per heavy atom. The first-order valence-corrected chi connectivity index (χ1v) is 9.99. The summed E-state index contributed by atoms with van der Waals surface area (Å²) in [7, 11) is 0. The lowest BCUT2D eigenvalue weighted by Gasteiger charge is -2.24. The minimum atomic E-state index is -0.215. The number of nitrogens with one attached hydrogen (secondary N) is 1. The van der Waals surface area contributed by atoms with Crippen LogP contribution < -0.4 is 5.32 Å². The molecule has 1 N–H and O–H groups in total. The van der Waals surface area contributed by atoms with Crippen LogP contribution in [0.4, 0.5) is 5.69 Å². The number of benzene rings is 2. The highest BCUT2D eigenvalue weighted by molar-refractivity contribution is 6.30. The molecule has 0 bridgehead atoms. The highest BCUT2D eigenvalue weighted by atomic mass is 16.2. The van der Waals surface area contributed by atoms with E-state index in [-0.39, 0.29) is 17.5 Å². The van der Waals surface area contributed by atoms with E-state index in [1.807, 2.05) is 0 Å². The molecule has 2 aromatic carbocycles. The number of likely N-dealkylation sites (tertiary alicyclic amines) is 1. The molecule has 2 aliphatic rings. The highest BCUT2D eigenvalue weighted by Crippen LogP contribution is 2.31. The predicted octanol–water partition coefficient (Wildman–Crippen LogP) is 3.67. The van der Waals surface area contributed by atoms with E-state index in [0.29, 0.717) is 34.5 Å². The van der Waals surface area contributed by atoms with Gasteiger partial charge in [-0.25, -0.2) is 0 Å². The summed E-state index contributed by atoms with van der Waals surface area (Å²) in [6.45, 7) is 2.15. The van der Waals surface area contributed by atoms with Crippen molar-refractivity contribution in [3.8, 4) is 0 Å². The third-order valence-corrected chi connectivity index (χ3v) is 5.54. The topological polar surface area (TPSA) is 66.5 Å². The largest absolute Gasteiger partial charge is 0.324 e. The van der Waals surface area contributed by atoms with E-state index < -0.39 is 0 Å². The minimum Gasteiger partial charge on any atom is -0.324 e. The molecule has 0 aromatic heterocycles. The molecular weight excluding hydrogens is 352 g/mol. The van der Waals surface area contributed by atoms with E-state index in [1.165, 1.54) is 19.3 Å². The van der Waals surface area contributed by atoms with Crippen LogP contribution in [0.5, 0.6) is 0 Å². The highest BCUT2D eigenvalue weighted by Gasteiger charge is 2.31. The second kappa shape index (κ2) is 8.07. The Labute approximate surface area is 164 Å². The fourth-order valence-corrected chi connectivity index (χ4v) is 4.11. The van der Waals surface area contributed by atoms with E-state index >= 15 is 0 Å². The Bertz CT molecular complexity index is 927. The van der Waals surface area contributed by atoms with Gasteiger partial charge in [-0.15, -0.1) is 0 Å². The average Bonchev–Trinajstić information content (AvgIpc) is 2.68. The van der Waals surface area contributed by atoms with Crippen molar-refractivity contribution >= 4 is 23.2 Å². The van der Waals surface area contributed by atoms with Crippen LogP contribution >= 0.6 is 0 Å². The second-order valence-electron chi connectivity index (χ2n) is 7.52. The molecule has 4 rings (SSSR count). The molecule has 0 spiro atoms. The fourth-order valence-electron chi connectivity index (χ4n) is 4.11. The summed E-state index contributed by atoms with van der Waals surface area (Å²) in [6, 6.07) is 11.9. The number of rotatable bonds is 3. The molecule has 1 aliphatic heterocycles. The summed E-state index contributed by atoms with van der Waals surface area (Å²) < 4.78 is 0. The van der Waals surface area contributed by atoms with Crippen LogP contribution in [0.15, 0.2) is 42.5 Å². The van der Waals surface area contributed by atoms with E-state index in [4.69, 9.17) is 0 Å². The lowest BCUT2D eigenvalue weighted by Crippen LogP contribution is -2.36. The number of hydrogen-bond acceptors (Lipinski definition) is 4. The van der Waals surface area contributed by atoms with Crippen LogP contribution in [-0.4, -0.2) is 42.0 Å². The Morgan fingerprint density at radius 1 is 0.786 bits per heavy atom. The Hall–Kier alpha value is -2.79. The summed E-state index contributed by atoms with van der Waals surface area (Å²) in [5, 5.41) is 2.88. The van der Waals surface area contributed by atoms with E-state index in [1.54, 1.807) is 42.5 Å². The summed E-state index contributed by atoms with van der Waals surface area (Å²) >= 11 is 0. The molecule has 144 valence electrons. The maximum Gasteiger partial charge on any atom is 0.238 e. The van der Waals surface area contributed by atoms with Gasteiger partial charge in [-0.2, -0.15) is 0 Å². The molecule has 5 nitrogen and oxygen atoms in total. The fraction of sp³-hybridized carbons (Fsp3) is 0.348. The van der Waals surface area contributed by atoms with Gasteiger partial charge in [-0.3, -0.25) is 19.3 Å². The van der Waals surface area contributed by atoms with Crippen molar-refractivity contribution in [2.75, 3.05) is 25.0 Å². The first-order valence-electron chi connectivity index (χ1n) is 9.99. The molecule has 1 saturated heterocycles. The molecule has 0 unspecified atom stereocenters. The predicted molar refractivity (Wildman–Crippen MR) is 108 cm³/mol. The molecular formula is C23H24N2O3. The van der Waals surface area contributed by atoms with Crippen LogP contribution in [0.3, 0.4) is 0 Å². The zero-order valence-corrected chi connectivity index (χ0v) is 15.9. The van der Waals surface area contributed by atoms with Gasteiger partial charge < -0.3 is 5.32 Å². The minimum absolute atomic E-state index is 0.145. The molecule has 0 saturated carbocycles. The first kappa shape index (κ1) is 18.6. The number of carbonyl (C=O) groups excluding carboxylic acids is 3. The third kappa shape index (κ3) is 3.62. The van der Waals surface area contributed by atoms with Crippen molar-refractivity contribution in [2.24, 2.45) is 0 Å². The number of nitrogens with zero attached hydrogens (tertiary/aromatic N) is 1. The number of fused-ring (bicyclic) bond motifs is 2. The smallest absolute Gasteiger partial charge is 0.238 e. The average molecular weight is 376 g/mol. The van der Waals surface area contributed by atoms with Crippen molar-refractivity contribution in [3.63, 3.8) is 0 Å². The Kier molecular flexibility index (Phi) is 5.35. The maximum atomic E-state index is 13.0. The van der Waals surface area contributed by atoms with Crippen LogP contribution in [0.25, 0.3) is 0 Å². The lowest BCUT2D eigenvalue weighted by molar-refractivity contribution is -0.117. The normalized spacial score (nSPS) is 17.3.